The standard InChI is InChI=1S/C57H54N4O12S/c1-36-20-25-40(26-21-36)74(70,71)61(31-13-19-53(66)67)55(68)54-41-14-8-10-16-47(41)60(48-17-11-9-15-42(48)54)30-12-6-4-2-3-5-7-18-51(64)58-35-52(65)59-37-22-27-44-43(32-37)56(69)73-57(44)45-28-23-38(62)33-49(45)72-50-34-39(63)24-29-46(50)57/h8-11,14-17,20-29,32-34H,2-7,12-13,18-19,30-31,35H2,1H3,(H4-,58,59,62,63,64,65,66,67)/p+1. The average molecular weight is 1020 g/mol. The molecule has 6 aromatic carbocycles. The number of carboxylic acid groups (broad SMARTS) is 1. The van der Waals surface area contributed by atoms with Crippen LogP contribution in [0.2, 0.25) is 0 Å². The van der Waals surface area contributed by atoms with Crippen molar-refractivity contribution in [1.82, 2.24) is 9.62 Å². The van der Waals surface area contributed by atoms with E-state index in [9.17, 15) is 47.7 Å². The summed E-state index contributed by atoms with van der Waals surface area (Å²) in [6.07, 6.45) is 6.02. The molecule has 5 N–H and O–H groups in total. The van der Waals surface area contributed by atoms with Gasteiger partial charge in [0.25, 0.3) is 15.9 Å². The number of anilines is 1. The zero-order valence-corrected chi connectivity index (χ0v) is 41.5. The lowest BCUT2D eigenvalue weighted by Gasteiger charge is -2.36. The van der Waals surface area contributed by atoms with Crippen LogP contribution >= 0.6 is 0 Å². The van der Waals surface area contributed by atoms with Gasteiger partial charge in [0, 0.05) is 72.5 Å². The number of rotatable bonds is 20. The Hall–Kier alpha value is -8.31. The molecule has 3 heterocycles. The van der Waals surface area contributed by atoms with E-state index in [1.165, 1.54) is 42.5 Å². The first kappa shape index (κ1) is 50.6. The Bertz CT molecular complexity index is 3360. The Labute approximate surface area is 427 Å². The van der Waals surface area contributed by atoms with Crippen LogP contribution in [0.15, 0.2) is 132 Å². The molecular formula is C57H55N4O12S+. The number of unbranched alkanes of at least 4 members (excludes halogenated alkanes) is 6. The zero-order valence-electron chi connectivity index (χ0n) is 40.6. The van der Waals surface area contributed by atoms with Gasteiger partial charge in [0.1, 0.15) is 29.5 Å². The molecular weight excluding hydrogens is 965 g/mol. The largest absolute Gasteiger partial charge is 0.508 e. The minimum atomic E-state index is -4.35. The molecule has 0 saturated carbocycles. The van der Waals surface area contributed by atoms with Gasteiger partial charge in [0.05, 0.1) is 33.3 Å². The molecule has 380 valence electrons. The first-order valence-electron chi connectivity index (χ1n) is 24.6. The fourth-order valence-corrected chi connectivity index (χ4v) is 11.4. The van der Waals surface area contributed by atoms with Crippen LogP contribution in [-0.4, -0.2) is 70.8 Å². The van der Waals surface area contributed by atoms with Crippen LogP contribution < -0.4 is 19.9 Å². The molecule has 74 heavy (non-hydrogen) atoms. The Morgan fingerprint density at radius 2 is 1.24 bits per heavy atom. The van der Waals surface area contributed by atoms with E-state index in [1.807, 2.05) is 55.5 Å². The summed E-state index contributed by atoms with van der Waals surface area (Å²) in [7, 11) is -4.35. The van der Waals surface area contributed by atoms with E-state index in [0.29, 0.717) is 46.1 Å². The molecule has 2 aliphatic rings. The first-order chi connectivity index (χ1) is 35.6. The number of nitrogens with one attached hydrogen (secondary N) is 2. The third-order valence-electron chi connectivity index (χ3n) is 13.5. The van der Waals surface area contributed by atoms with Crippen LogP contribution in [0.4, 0.5) is 5.69 Å². The molecule has 0 radical (unpaired) electrons. The number of aromatic nitrogens is 1. The molecule has 1 aromatic heterocycles. The molecule has 0 unspecified atom stereocenters. The Morgan fingerprint density at radius 1 is 0.662 bits per heavy atom. The number of carbonyl (C=O) groups excluding carboxylic acids is 4. The molecule has 0 saturated heterocycles. The second-order valence-electron chi connectivity index (χ2n) is 18.6. The van der Waals surface area contributed by atoms with Crippen molar-refractivity contribution < 1.29 is 61.8 Å². The lowest BCUT2D eigenvalue weighted by molar-refractivity contribution is -0.645. The number of hydrogen-bond acceptors (Lipinski definition) is 11. The molecule has 0 fully saturated rings. The quantitative estimate of drug-likeness (QED) is 0.0208. The van der Waals surface area contributed by atoms with Gasteiger partial charge in [-0.15, -0.1) is 0 Å². The summed E-state index contributed by atoms with van der Waals surface area (Å²) in [5, 5.41) is 36.3. The number of para-hydroxylation sites is 2. The third-order valence-corrected chi connectivity index (χ3v) is 15.3. The van der Waals surface area contributed by atoms with Crippen molar-refractivity contribution >= 4 is 67.2 Å². The Morgan fingerprint density at radius 3 is 1.86 bits per heavy atom. The second kappa shape index (κ2) is 21.4. The predicted molar refractivity (Wildman–Crippen MR) is 275 cm³/mol. The van der Waals surface area contributed by atoms with Gasteiger partial charge in [-0.1, -0.05) is 73.7 Å². The number of aromatic hydroxyl groups is 2. The SMILES string of the molecule is Cc1ccc(S(=O)(=O)N(CCCC(=O)O)C(=O)c2c3ccccc3[n+](CCCCCCCCCC(=O)NCC(=O)Nc3ccc4c(c3)C(=O)OC43c4ccc(O)cc4Oc4cc(O)ccc43)c3ccccc23)cc1. The van der Waals surface area contributed by atoms with Gasteiger partial charge in [-0.2, -0.15) is 4.57 Å². The predicted octanol–water partition coefficient (Wildman–Crippen LogP) is 9.14. The summed E-state index contributed by atoms with van der Waals surface area (Å²) in [4.78, 5) is 65.2. The van der Waals surface area contributed by atoms with Crippen LogP contribution in [0.25, 0.3) is 21.8 Å². The number of sulfonamides is 1. The van der Waals surface area contributed by atoms with Crippen molar-refractivity contribution in [3.63, 3.8) is 0 Å². The number of carbonyl (C=O) groups is 5. The highest BCUT2D eigenvalue weighted by Gasteiger charge is 2.54. The van der Waals surface area contributed by atoms with Gasteiger partial charge in [-0.05, 0) is 86.8 Å². The third kappa shape index (κ3) is 10.2. The molecule has 0 bridgehead atoms. The molecule has 3 amide bonds. The molecule has 0 aliphatic carbocycles. The fraction of sp³-hybridized carbons (Fsp3) is 0.263. The van der Waals surface area contributed by atoms with Crippen LogP contribution in [0.1, 0.15) is 107 Å². The molecule has 7 aromatic rings. The summed E-state index contributed by atoms with van der Waals surface area (Å²) in [5.41, 5.74) is 3.18. The lowest BCUT2D eigenvalue weighted by atomic mass is 9.77. The van der Waals surface area contributed by atoms with Crippen molar-refractivity contribution in [2.24, 2.45) is 0 Å². The van der Waals surface area contributed by atoms with Crippen LogP contribution in [-0.2, 0) is 41.3 Å². The Kier molecular flexibility index (Phi) is 14.7. The van der Waals surface area contributed by atoms with Gasteiger partial charge in [0.2, 0.25) is 22.8 Å². The van der Waals surface area contributed by atoms with Gasteiger partial charge < -0.3 is 35.4 Å². The molecule has 1 spiro atoms. The number of nitrogens with zero attached hydrogens (tertiary/aromatic N) is 2. The number of hydrogen-bond donors (Lipinski definition) is 5. The number of aryl methyl sites for hydroxylation is 2. The van der Waals surface area contributed by atoms with Crippen LogP contribution in [0.3, 0.4) is 0 Å². The van der Waals surface area contributed by atoms with Crippen molar-refractivity contribution in [3.05, 3.63) is 161 Å². The number of aliphatic carboxylic acids is 1. The van der Waals surface area contributed by atoms with E-state index in [2.05, 4.69) is 15.2 Å². The van der Waals surface area contributed by atoms with E-state index < -0.39 is 39.4 Å². The minimum absolute atomic E-state index is 0.0527. The number of esters is 1. The summed E-state index contributed by atoms with van der Waals surface area (Å²) in [6.45, 7) is 1.91. The minimum Gasteiger partial charge on any atom is -0.508 e. The highest BCUT2D eigenvalue weighted by atomic mass is 32.2. The van der Waals surface area contributed by atoms with E-state index in [1.54, 1.807) is 36.4 Å². The van der Waals surface area contributed by atoms with E-state index >= 15 is 0 Å². The summed E-state index contributed by atoms with van der Waals surface area (Å²) in [6, 6.07) is 34.9. The normalized spacial score (nSPS) is 13.1. The molecule has 9 rings (SSSR count). The average Bonchev–Trinajstić information content (AvgIpc) is 3.66. The van der Waals surface area contributed by atoms with Crippen molar-refractivity contribution in [2.45, 2.75) is 88.2 Å². The summed E-state index contributed by atoms with van der Waals surface area (Å²) in [5.74, 6) is -2.79. The lowest BCUT2D eigenvalue weighted by Crippen LogP contribution is -2.40. The Balaban J connectivity index is 0.753. The number of phenolic OH excluding ortho intramolecular Hbond substituents is 2. The van der Waals surface area contributed by atoms with E-state index in [4.69, 9.17) is 9.47 Å². The smallest absolute Gasteiger partial charge is 0.340 e. The number of amides is 3. The maximum Gasteiger partial charge on any atom is 0.340 e. The van der Waals surface area contributed by atoms with Crippen LogP contribution in [0, 0.1) is 6.92 Å². The van der Waals surface area contributed by atoms with Gasteiger partial charge >= 0.3 is 11.9 Å². The maximum atomic E-state index is 14.7. The number of phenols is 2. The van der Waals surface area contributed by atoms with E-state index in [-0.39, 0.29) is 77.3 Å². The van der Waals surface area contributed by atoms with Gasteiger partial charge in [-0.3, -0.25) is 19.2 Å². The first-order valence-corrected chi connectivity index (χ1v) is 26.1. The van der Waals surface area contributed by atoms with E-state index in [0.717, 1.165) is 59.4 Å². The summed E-state index contributed by atoms with van der Waals surface area (Å²) >= 11 is 0. The second-order valence-corrected chi connectivity index (χ2v) is 20.5. The molecule has 0 atom stereocenters. The number of fused-ring (bicyclic) bond motifs is 8. The number of carboxylic acids is 1. The van der Waals surface area contributed by atoms with Crippen molar-refractivity contribution in [1.29, 1.82) is 0 Å². The summed E-state index contributed by atoms with van der Waals surface area (Å²) < 4.78 is 43.3. The molecule has 16 nitrogen and oxygen atoms in total. The fourth-order valence-electron chi connectivity index (χ4n) is 9.95. The van der Waals surface area contributed by atoms with Gasteiger partial charge in [-0.25, -0.2) is 17.5 Å². The molecule has 2 aliphatic heterocycles. The number of pyridine rings is 1. The molecule has 17 heteroatoms. The highest BCUT2D eigenvalue weighted by molar-refractivity contribution is 7.89. The van der Waals surface area contributed by atoms with Gasteiger partial charge in [0.15, 0.2) is 5.60 Å². The number of benzene rings is 6. The maximum absolute atomic E-state index is 14.7. The topological polar surface area (TPSA) is 230 Å². The van der Waals surface area contributed by atoms with Crippen molar-refractivity contribution in [2.75, 3.05) is 18.4 Å². The number of ether oxygens (including phenoxy) is 2. The zero-order chi connectivity index (χ0) is 52.1. The monoisotopic (exact) mass is 1020 g/mol. The van der Waals surface area contributed by atoms with Crippen LogP contribution in [0.5, 0.6) is 23.0 Å². The highest BCUT2D eigenvalue weighted by Crippen LogP contribution is 2.57. The van der Waals surface area contributed by atoms with Crippen molar-refractivity contribution in [3.8, 4) is 23.0 Å².